The van der Waals surface area contributed by atoms with Gasteiger partial charge in [-0.05, 0) is 43.7 Å². The lowest BCUT2D eigenvalue weighted by atomic mass is 10.1. The van der Waals surface area contributed by atoms with Gasteiger partial charge in [0.1, 0.15) is 11.6 Å². The number of hydrogen-bond acceptors (Lipinski definition) is 3. The zero-order valence-corrected chi connectivity index (χ0v) is 13.1. The van der Waals surface area contributed by atoms with Crippen LogP contribution in [0.25, 0.3) is 0 Å². The summed E-state index contributed by atoms with van der Waals surface area (Å²) in [6.45, 7) is 4.02. The molecule has 0 aliphatic carbocycles. The third-order valence-corrected chi connectivity index (χ3v) is 4.32. The molecule has 2 nitrogen and oxygen atoms in total. The molecule has 0 aromatic heterocycles. The van der Waals surface area contributed by atoms with E-state index in [0.29, 0.717) is 5.75 Å². The van der Waals surface area contributed by atoms with Gasteiger partial charge in [0.15, 0.2) is 5.78 Å². The molecular weight excluding hydrogens is 287 g/mol. The Morgan fingerprint density at radius 2 is 1.95 bits per heavy atom. The normalized spacial score (nSPS) is 10.5. The maximum atomic E-state index is 13.3. The number of rotatable bonds is 5. The molecule has 0 fully saturated rings. The summed E-state index contributed by atoms with van der Waals surface area (Å²) in [6, 6.07) is 10.1. The molecule has 0 N–H and O–H groups in total. The van der Waals surface area contributed by atoms with Gasteiger partial charge in [-0.1, -0.05) is 17.7 Å². The van der Waals surface area contributed by atoms with E-state index in [1.54, 1.807) is 0 Å². The minimum Gasteiger partial charge on any atom is -0.496 e. The van der Waals surface area contributed by atoms with Crippen LogP contribution >= 0.6 is 11.8 Å². The van der Waals surface area contributed by atoms with Crippen LogP contribution in [0.2, 0.25) is 0 Å². The molecular formula is C17H17FO2S. The average Bonchev–Trinajstić information content (AvgIpc) is 2.47. The topological polar surface area (TPSA) is 26.3 Å². The predicted molar refractivity (Wildman–Crippen MR) is 83.9 cm³/mol. The van der Waals surface area contributed by atoms with Gasteiger partial charge in [0.2, 0.25) is 0 Å². The number of Topliss-reactive ketones (excluding diaryl/α,β-unsaturated/α-hetero) is 1. The molecule has 0 amide bonds. The molecule has 0 bridgehead atoms. The van der Waals surface area contributed by atoms with Crippen LogP contribution in [0.1, 0.15) is 21.5 Å². The standard InChI is InChI=1S/C17H17FO2S/c1-11-4-5-12(2)17(8-11)21-10-15(19)14-9-13(18)6-7-16(14)20-3/h4-9H,10H2,1-3H3. The van der Waals surface area contributed by atoms with Crippen molar-refractivity contribution in [1.82, 2.24) is 0 Å². The lowest BCUT2D eigenvalue weighted by Crippen LogP contribution is -2.05. The summed E-state index contributed by atoms with van der Waals surface area (Å²) in [5.41, 5.74) is 2.57. The van der Waals surface area contributed by atoms with E-state index in [9.17, 15) is 9.18 Å². The van der Waals surface area contributed by atoms with E-state index in [1.807, 2.05) is 26.0 Å². The van der Waals surface area contributed by atoms with Gasteiger partial charge in [-0.15, -0.1) is 11.8 Å². The molecule has 0 radical (unpaired) electrons. The van der Waals surface area contributed by atoms with Gasteiger partial charge in [-0.25, -0.2) is 4.39 Å². The summed E-state index contributed by atoms with van der Waals surface area (Å²) < 4.78 is 18.4. The number of benzene rings is 2. The van der Waals surface area contributed by atoms with Crippen LogP contribution < -0.4 is 4.74 Å². The molecule has 4 heteroatoms. The molecule has 0 atom stereocenters. The molecule has 0 aliphatic rings. The first-order chi connectivity index (χ1) is 10.0. The fourth-order valence-corrected chi connectivity index (χ4v) is 2.99. The van der Waals surface area contributed by atoms with Crippen molar-refractivity contribution < 1.29 is 13.9 Å². The van der Waals surface area contributed by atoms with E-state index in [2.05, 4.69) is 6.07 Å². The maximum Gasteiger partial charge on any atom is 0.176 e. The third kappa shape index (κ3) is 3.85. The van der Waals surface area contributed by atoms with Crippen molar-refractivity contribution in [3.63, 3.8) is 0 Å². The minimum atomic E-state index is -0.434. The lowest BCUT2D eigenvalue weighted by molar-refractivity contribution is 0.101. The number of carbonyl (C=O) groups is 1. The number of ketones is 1. The Morgan fingerprint density at radius 3 is 2.67 bits per heavy atom. The Balaban J connectivity index is 2.15. The van der Waals surface area contributed by atoms with E-state index >= 15 is 0 Å². The second-order valence-corrected chi connectivity index (χ2v) is 5.84. The summed E-state index contributed by atoms with van der Waals surface area (Å²) in [4.78, 5) is 13.3. The average molecular weight is 304 g/mol. The fraction of sp³-hybridized carbons (Fsp3) is 0.235. The SMILES string of the molecule is COc1ccc(F)cc1C(=O)CSc1cc(C)ccc1C. The van der Waals surface area contributed by atoms with Crippen LogP contribution in [0.15, 0.2) is 41.3 Å². The summed E-state index contributed by atoms with van der Waals surface area (Å²) in [7, 11) is 1.47. The Labute approximate surface area is 128 Å². The molecule has 0 heterocycles. The van der Waals surface area contributed by atoms with Crippen LogP contribution in [-0.2, 0) is 0 Å². The van der Waals surface area contributed by atoms with E-state index < -0.39 is 5.82 Å². The number of thioether (sulfide) groups is 1. The molecule has 2 rings (SSSR count). The number of aryl methyl sites for hydroxylation is 2. The fourth-order valence-electron chi connectivity index (χ4n) is 1.98. The number of halogens is 1. The monoisotopic (exact) mass is 304 g/mol. The largest absolute Gasteiger partial charge is 0.496 e. The molecule has 2 aromatic rings. The van der Waals surface area contributed by atoms with Crippen molar-refractivity contribution in [3.05, 3.63) is 58.9 Å². The first kappa shape index (κ1) is 15.6. The highest BCUT2D eigenvalue weighted by Crippen LogP contribution is 2.26. The van der Waals surface area contributed by atoms with Gasteiger partial charge in [-0.3, -0.25) is 4.79 Å². The predicted octanol–water partition coefficient (Wildman–Crippen LogP) is 4.43. The van der Waals surface area contributed by atoms with Crippen LogP contribution in [0, 0.1) is 19.7 Å². The first-order valence-electron chi connectivity index (χ1n) is 6.58. The van der Waals surface area contributed by atoms with Gasteiger partial charge >= 0.3 is 0 Å². The molecule has 0 saturated carbocycles. The van der Waals surface area contributed by atoms with Gasteiger partial charge in [0.05, 0.1) is 18.4 Å². The van der Waals surface area contributed by atoms with Crippen LogP contribution in [0.3, 0.4) is 0 Å². The van der Waals surface area contributed by atoms with Crippen LogP contribution in [0.4, 0.5) is 4.39 Å². The van der Waals surface area contributed by atoms with Crippen molar-refractivity contribution >= 4 is 17.5 Å². The van der Waals surface area contributed by atoms with E-state index in [-0.39, 0.29) is 17.1 Å². The number of methoxy groups -OCH3 is 1. The van der Waals surface area contributed by atoms with Gasteiger partial charge in [-0.2, -0.15) is 0 Å². The number of hydrogen-bond donors (Lipinski definition) is 0. The summed E-state index contributed by atoms with van der Waals surface area (Å²) in [6.07, 6.45) is 0. The highest BCUT2D eigenvalue weighted by Gasteiger charge is 2.14. The minimum absolute atomic E-state index is 0.141. The molecule has 0 aliphatic heterocycles. The molecule has 0 unspecified atom stereocenters. The number of ether oxygens (including phenoxy) is 1. The van der Waals surface area contributed by atoms with Gasteiger partial charge < -0.3 is 4.74 Å². The maximum absolute atomic E-state index is 13.3. The zero-order valence-electron chi connectivity index (χ0n) is 12.3. The highest BCUT2D eigenvalue weighted by molar-refractivity contribution is 8.00. The van der Waals surface area contributed by atoms with Gasteiger partial charge in [0.25, 0.3) is 0 Å². The van der Waals surface area contributed by atoms with Crippen LogP contribution in [0.5, 0.6) is 5.75 Å². The quantitative estimate of drug-likeness (QED) is 0.604. The molecule has 0 saturated heterocycles. The van der Waals surface area contributed by atoms with E-state index in [0.717, 1.165) is 16.0 Å². The Kier molecular flexibility index (Phi) is 5.02. The highest BCUT2D eigenvalue weighted by atomic mass is 32.2. The number of carbonyl (C=O) groups excluding carboxylic acids is 1. The van der Waals surface area contributed by atoms with Crippen molar-refractivity contribution in [1.29, 1.82) is 0 Å². The smallest absolute Gasteiger partial charge is 0.176 e. The molecule has 21 heavy (non-hydrogen) atoms. The summed E-state index contributed by atoms with van der Waals surface area (Å²) in [5, 5.41) is 0. The third-order valence-electron chi connectivity index (χ3n) is 3.16. The zero-order chi connectivity index (χ0) is 15.4. The van der Waals surface area contributed by atoms with Gasteiger partial charge in [0, 0.05) is 4.90 Å². The second kappa shape index (κ2) is 6.76. The van der Waals surface area contributed by atoms with E-state index in [1.165, 1.54) is 37.1 Å². The Morgan fingerprint density at radius 1 is 1.19 bits per heavy atom. The first-order valence-corrected chi connectivity index (χ1v) is 7.56. The van der Waals surface area contributed by atoms with Crippen molar-refractivity contribution in [2.75, 3.05) is 12.9 Å². The van der Waals surface area contributed by atoms with Crippen molar-refractivity contribution in [3.8, 4) is 5.75 Å². The molecule has 2 aromatic carbocycles. The molecule has 0 spiro atoms. The van der Waals surface area contributed by atoms with E-state index in [4.69, 9.17) is 4.74 Å². The Bertz CT molecular complexity index is 668. The van der Waals surface area contributed by atoms with Crippen molar-refractivity contribution in [2.24, 2.45) is 0 Å². The summed E-state index contributed by atoms with van der Waals surface area (Å²) >= 11 is 1.46. The Hall–Kier alpha value is -1.81. The van der Waals surface area contributed by atoms with Crippen molar-refractivity contribution in [2.45, 2.75) is 18.7 Å². The summed E-state index contributed by atoms with van der Waals surface area (Å²) in [5.74, 6) is 0.0838. The van der Waals surface area contributed by atoms with Crippen LogP contribution in [-0.4, -0.2) is 18.6 Å². The second-order valence-electron chi connectivity index (χ2n) is 4.83. The molecule has 110 valence electrons. The lowest BCUT2D eigenvalue weighted by Gasteiger charge is -2.09.